The lowest BCUT2D eigenvalue weighted by atomic mass is 10.0. The fourth-order valence-electron chi connectivity index (χ4n) is 2.31. The van der Waals surface area contributed by atoms with Crippen molar-refractivity contribution in [3.05, 3.63) is 0 Å². The van der Waals surface area contributed by atoms with Crippen molar-refractivity contribution in [2.45, 2.75) is 66.0 Å². The first-order chi connectivity index (χ1) is 8.82. The van der Waals surface area contributed by atoms with Crippen molar-refractivity contribution in [2.75, 3.05) is 12.3 Å². The van der Waals surface area contributed by atoms with Crippen LogP contribution in [0.1, 0.15) is 54.4 Å². The lowest BCUT2D eigenvalue weighted by molar-refractivity contribution is -0.158. The fraction of sp³-hybridized carbons (Fsp3) is 0.929. The Hall–Kier alpha value is -0.620. The Labute approximate surface area is 122 Å². The summed E-state index contributed by atoms with van der Waals surface area (Å²) in [6.45, 7) is 11.4. The number of ether oxygens (including phenoxy) is 1. The summed E-state index contributed by atoms with van der Waals surface area (Å²) in [5.41, 5.74) is -0.932. The normalized spacial score (nSPS) is 22.0. The van der Waals surface area contributed by atoms with Crippen molar-refractivity contribution in [3.63, 3.8) is 0 Å². The van der Waals surface area contributed by atoms with Gasteiger partial charge in [0.15, 0.2) is 0 Å². The third-order valence-electron chi connectivity index (χ3n) is 2.86. The van der Waals surface area contributed by atoms with Crippen LogP contribution in [-0.4, -0.2) is 42.6 Å². The van der Waals surface area contributed by atoms with Gasteiger partial charge in [0.2, 0.25) is 10.0 Å². The molecule has 1 heterocycles. The van der Waals surface area contributed by atoms with Gasteiger partial charge < -0.3 is 4.74 Å². The third-order valence-corrected chi connectivity index (χ3v) is 5.24. The van der Waals surface area contributed by atoms with E-state index in [4.69, 9.17) is 4.74 Å². The number of carbonyl (C=O) groups excluding carboxylic acids is 1. The Kier molecular flexibility index (Phi) is 4.91. The van der Waals surface area contributed by atoms with Crippen LogP contribution < -0.4 is 0 Å². The van der Waals surface area contributed by atoms with Crippen LogP contribution in [-0.2, 0) is 19.6 Å². The summed E-state index contributed by atoms with van der Waals surface area (Å²) in [6, 6.07) is -0.665. The second-order valence-electron chi connectivity index (χ2n) is 7.62. The molecule has 0 aliphatic carbocycles. The molecule has 0 spiro atoms. The van der Waals surface area contributed by atoms with E-state index in [1.54, 1.807) is 20.8 Å². The second-order valence-corrected chi connectivity index (χ2v) is 9.54. The molecule has 0 radical (unpaired) electrons. The molecule has 1 saturated heterocycles. The Morgan fingerprint density at radius 2 is 1.75 bits per heavy atom. The quantitative estimate of drug-likeness (QED) is 0.750. The van der Waals surface area contributed by atoms with E-state index in [2.05, 4.69) is 0 Å². The third kappa shape index (κ3) is 5.05. The molecule has 1 rings (SSSR count). The van der Waals surface area contributed by atoms with Crippen molar-refractivity contribution in [1.29, 1.82) is 0 Å². The maximum absolute atomic E-state index is 12.4. The van der Waals surface area contributed by atoms with Gasteiger partial charge in [0.1, 0.15) is 11.6 Å². The number of hydrogen-bond donors (Lipinski definition) is 0. The number of sulfonamides is 1. The molecule has 0 N–H and O–H groups in total. The standard InChI is InChI=1S/C14H27NO4S/c1-13(2,3)10-20(17,18)15-9-7-8-11(15)12(16)19-14(4,5)6/h11H,7-10H2,1-6H3/t11-/m0/s1. The largest absolute Gasteiger partial charge is 0.459 e. The highest BCUT2D eigenvalue weighted by atomic mass is 32.2. The van der Waals surface area contributed by atoms with Gasteiger partial charge in [0.05, 0.1) is 5.75 Å². The SMILES string of the molecule is CC(C)(C)CS(=O)(=O)N1CCC[C@H]1C(=O)OC(C)(C)C. The van der Waals surface area contributed by atoms with Crippen molar-refractivity contribution < 1.29 is 17.9 Å². The zero-order valence-corrected chi connectivity index (χ0v) is 14.2. The monoisotopic (exact) mass is 305 g/mol. The Morgan fingerprint density at radius 1 is 1.20 bits per heavy atom. The number of esters is 1. The molecule has 0 bridgehead atoms. The molecule has 1 fully saturated rings. The lowest BCUT2D eigenvalue weighted by Gasteiger charge is -2.29. The van der Waals surface area contributed by atoms with Crippen LogP contribution >= 0.6 is 0 Å². The van der Waals surface area contributed by atoms with Crippen molar-refractivity contribution in [2.24, 2.45) is 5.41 Å². The van der Waals surface area contributed by atoms with E-state index in [0.29, 0.717) is 19.4 Å². The molecule has 118 valence electrons. The van der Waals surface area contributed by atoms with E-state index in [-0.39, 0.29) is 11.2 Å². The zero-order chi connectivity index (χ0) is 15.8. The zero-order valence-electron chi connectivity index (χ0n) is 13.4. The van der Waals surface area contributed by atoms with E-state index in [9.17, 15) is 13.2 Å². The van der Waals surface area contributed by atoms with Gasteiger partial charge in [-0.15, -0.1) is 0 Å². The van der Waals surface area contributed by atoms with Gasteiger partial charge in [-0.3, -0.25) is 4.79 Å². The van der Waals surface area contributed by atoms with Crippen LogP contribution in [0.15, 0.2) is 0 Å². The smallest absolute Gasteiger partial charge is 0.324 e. The molecular weight excluding hydrogens is 278 g/mol. The number of hydrogen-bond acceptors (Lipinski definition) is 4. The van der Waals surface area contributed by atoms with Crippen LogP contribution in [0.25, 0.3) is 0 Å². The highest BCUT2D eigenvalue weighted by Crippen LogP contribution is 2.27. The summed E-state index contributed by atoms with van der Waals surface area (Å²) in [4.78, 5) is 12.2. The molecule has 5 nitrogen and oxygen atoms in total. The Balaban J connectivity index is 2.87. The molecule has 1 atom stereocenters. The summed E-state index contributed by atoms with van der Waals surface area (Å²) >= 11 is 0. The first-order valence-electron chi connectivity index (χ1n) is 7.04. The maximum atomic E-state index is 12.4. The molecule has 0 unspecified atom stereocenters. The Morgan fingerprint density at radius 3 is 2.20 bits per heavy atom. The molecular formula is C14H27NO4S. The average Bonchev–Trinajstić information content (AvgIpc) is 2.58. The molecule has 0 aromatic carbocycles. The van der Waals surface area contributed by atoms with E-state index < -0.39 is 27.6 Å². The van der Waals surface area contributed by atoms with E-state index in [0.717, 1.165) is 0 Å². The first kappa shape index (κ1) is 17.4. The molecule has 0 saturated carbocycles. The van der Waals surface area contributed by atoms with Crippen LogP contribution in [0, 0.1) is 5.41 Å². The summed E-state index contributed by atoms with van der Waals surface area (Å²) in [6.07, 6.45) is 1.24. The van der Waals surface area contributed by atoms with Gasteiger partial charge in [-0.1, -0.05) is 20.8 Å². The van der Waals surface area contributed by atoms with Crippen molar-refractivity contribution in [3.8, 4) is 0 Å². The van der Waals surface area contributed by atoms with Crippen LogP contribution in [0.2, 0.25) is 0 Å². The molecule has 0 amide bonds. The van der Waals surface area contributed by atoms with Gasteiger partial charge >= 0.3 is 5.97 Å². The maximum Gasteiger partial charge on any atom is 0.324 e. The van der Waals surface area contributed by atoms with Crippen molar-refractivity contribution in [1.82, 2.24) is 4.31 Å². The summed E-state index contributed by atoms with van der Waals surface area (Å²) in [5, 5.41) is 0. The van der Waals surface area contributed by atoms with Crippen LogP contribution in [0.4, 0.5) is 0 Å². The van der Waals surface area contributed by atoms with Crippen LogP contribution in [0.5, 0.6) is 0 Å². The molecule has 1 aliphatic heterocycles. The number of carbonyl (C=O) groups is 1. The minimum atomic E-state index is -3.43. The first-order valence-corrected chi connectivity index (χ1v) is 8.65. The highest BCUT2D eigenvalue weighted by molar-refractivity contribution is 7.89. The fourth-order valence-corrected chi connectivity index (χ4v) is 4.56. The number of nitrogens with zero attached hydrogens (tertiary/aromatic N) is 1. The molecule has 0 aromatic heterocycles. The molecule has 20 heavy (non-hydrogen) atoms. The molecule has 1 aliphatic rings. The van der Waals surface area contributed by atoms with E-state index >= 15 is 0 Å². The molecule has 0 aromatic rings. The van der Waals surface area contributed by atoms with Gasteiger partial charge in [-0.25, -0.2) is 8.42 Å². The van der Waals surface area contributed by atoms with Gasteiger partial charge in [0, 0.05) is 6.54 Å². The summed E-state index contributed by atoms with van der Waals surface area (Å²) in [5.74, 6) is -0.397. The minimum Gasteiger partial charge on any atom is -0.459 e. The van der Waals surface area contributed by atoms with E-state index in [1.165, 1.54) is 4.31 Å². The predicted molar refractivity (Wildman–Crippen MR) is 78.8 cm³/mol. The van der Waals surface area contributed by atoms with Crippen LogP contribution in [0.3, 0.4) is 0 Å². The Bertz CT molecular complexity index is 457. The van der Waals surface area contributed by atoms with Gasteiger partial charge in [-0.05, 0) is 39.0 Å². The second kappa shape index (κ2) is 5.64. The van der Waals surface area contributed by atoms with Gasteiger partial charge in [-0.2, -0.15) is 4.31 Å². The molecule has 6 heteroatoms. The van der Waals surface area contributed by atoms with Gasteiger partial charge in [0.25, 0.3) is 0 Å². The van der Waals surface area contributed by atoms with E-state index in [1.807, 2.05) is 20.8 Å². The number of rotatable bonds is 3. The topological polar surface area (TPSA) is 63.7 Å². The lowest BCUT2D eigenvalue weighted by Crippen LogP contribution is -2.45. The minimum absolute atomic E-state index is 0.0410. The highest BCUT2D eigenvalue weighted by Gasteiger charge is 2.41. The summed E-state index contributed by atoms with van der Waals surface area (Å²) < 4.78 is 31.6. The van der Waals surface area contributed by atoms with Crippen molar-refractivity contribution >= 4 is 16.0 Å². The average molecular weight is 305 g/mol. The summed E-state index contributed by atoms with van der Waals surface area (Å²) in [7, 11) is -3.43. The predicted octanol–water partition coefficient (Wildman–Crippen LogP) is 2.17.